The zero-order chi connectivity index (χ0) is 19.4. The quantitative estimate of drug-likeness (QED) is 0.793. The van der Waals surface area contributed by atoms with Gasteiger partial charge in [0.2, 0.25) is 11.8 Å². The van der Waals surface area contributed by atoms with E-state index >= 15 is 0 Å². The number of carbonyl (C=O) groups is 2. The Morgan fingerprint density at radius 3 is 2.70 bits per heavy atom. The molecule has 6 nitrogen and oxygen atoms in total. The maximum atomic E-state index is 12.3. The highest BCUT2D eigenvalue weighted by atomic mass is 35.5. The van der Waals surface area contributed by atoms with Gasteiger partial charge in [-0.1, -0.05) is 41.1 Å². The molecule has 2 amide bonds. The van der Waals surface area contributed by atoms with Crippen molar-refractivity contribution in [2.45, 2.75) is 18.6 Å². The Hall–Kier alpha value is -2.51. The molecule has 1 fully saturated rings. The molecule has 1 aliphatic heterocycles. The van der Waals surface area contributed by atoms with Crippen LogP contribution in [-0.2, 0) is 9.59 Å². The van der Waals surface area contributed by atoms with Gasteiger partial charge in [-0.05, 0) is 37.3 Å². The molecule has 0 saturated carbocycles. The average Bonchev–Trinajstić information content (AvgIpc) is 2.96. The lowest BCUT2D eigenvalue weighted by Crippen LogP contribution is -2.28. The van der Waals surface area contributed by atoms with E-state index in [4.69, 9.17) is 16.3 Å². The van der Waals surface area contributed by atoms with Gasteiger partial charge in [-0.3, -0.25) is 9.59 Å². The van der Waals surface area contributed by atoms with Crippen molar-refractivity contribution in [1.29, 1.82) is 0 Å². The van der Waals surface area contributed by atoms with Crippen LogP contribution in [0.2, 0.25) is 5.02 Å². The Labute approximate surface area is 166 Å². The fourth-order valence-corrected chi connectivity index (χ4v) is 3.70. The summed E-state index contributed by atoms with van der Waals surface area (Å²) in [6.07, 6.45) is 0.0348. The van der Waals surface area contributed by atoms with Crippen LogP contribution < -0.4 is 15.4 Å². The number of nitrogens with zero attached hydrogens (tertiary/aromatic N) is 1. The molecule has 1 atom stereocenters. The molecule has 0 aromatic heterocycles. The second kappa shape index (κ2) is 8.45. The van der Waals surface area contributed by atoms with Crippen molar-refractivity contribution < 1.29 is 14.3 Å². The number of halogens is 1. The SMILES string of the molecule is COc1ccc(NC(=O)CC2SC(=Nc3ccc(C)cc3)NC2=O)cc1Cl. The van der Waals surface area contributed by atoms with Crippen molar-refractivity contribution in [2.24, 2.45) is 4.99 Å². The second-order valence-electron chi connectivity index (χ2n) is 5.95. The molecule has 1 unspecified atom stereocenters. The van der Waals surface area contributed by atoms with E-state index in [1.807, 2.05) is 31.2 Å². The molecule has 2 aromatic rings. The Morgan fingerprint density at radius 1 is 1.30 bits per heavy atom. The number of benzene rings is 2. The Balaban J connectivity index is 1.60. The van der Waals surface area contributed by atoms with Gasteiger partial charge in [-0.2, -0.15) is 0 Å². The van der Waals surface area contributed by atoms with Gasteiger partial charge < -0.3 is 15.4 Å². The molecule has 0 spiro atoms. The van der Waals surface area contributed by atoms with Gasteiger partial charge in [0.05, 0.1) is 17.8 Å². The summed E-state index contributed by atoms with van der Waals surface area (Å²) in [5.74, 6) is 0.0200. The number of aryl methyl sites for hydroxylation is 1. The number of rotatable bonds is 5. The molecule has 3 rings (SSSR count). The van der Waals surface area contributed by atoms with Crippen molar-refractivity contribution in [3.63, 3.8) is 0 Å². The van der Waals surface area contributed by atoms with Crippen LogP contribution in [0.1, 0.15) is 12.0 Å². The zero-order valence-electron chi connectivity index (χ0n) is 14.8. The minimum atomic E-state index is -0.525. The number of hydrogen-bond acceptors (Lipinski definition) is 5. The molecule has 2 aromatic carbocycles. The summed E-state index contributed by atoms with van der Waals surface area (Å²) in [7, 11) is 1.52. The summed E-state index contributed by atoms with van der Waals surface area (Å²) in [6, 6.07) is 12.6. The van der Waals surface area contributed by atoms with Crippen LogP contribution in [0.25, 0.3) is 0 Å². The van der Waals surface area contributed by atoms with Gasteiger partial charge in [0, 0.05) is 12.1 Å². The number of methoxy groups -OCH3 is 1. The number of ether oxygens (including phenoxy) is 1. The summed E-state index contributed by atoms with van der Waals surface area (Å²) in [6.45, 7) is 1.99. The third-order valence-electron chi connectivity index (χ3n) is 3.85. The Kier molecular flexibility index (Phi) is 6.03. The fraction of sp³-hybridized carbons (Fsp3) is 0.211. The number of nitrogens with one attached hydrogen (secondary N) is 2. The summed E-state index contributed by atoms with van der Waals surface area (Å²) in [5.41, 5.74) is 2.43. The van der Waals surface area contributed by atoms with Crippen molar-refractivity contribution in [3.05, 3.63) is 53.1 Å². The maximum absolute atomic E-state index is 12.3. The van der Waals surface area contributed by atoms with Gasteiger partial charge in [0.25, 0.3) is 0 Å². The molecule has 140 valence electrons. The van der Waals surface area contributed by atoms with E-state index in [0.29, 0.717) is 21.6 Å². The van der Waals surface area contributed by atoms with Crippen LogP contribution in [0.5, 0.6) is 5.75 Å². The maximum Gasteiger partial charge on any atom is 0.240 e. The monoisotopic (exact) mass is 403 g/mol. The summed E-state index contributed by atoms with van der Waals surface area (Å²) < 4.78 is 5.08. The normalized spacial score (nSPS) is 17.7. The lowest BCUT2D eigenvalue weighted by molar-refractivity contribution is -0.122. The van der Waals surface area contributed by atoms with Crippen LogP contribution in [-0.4, -0.2) is 29.3 Å². The van der Waals surface area contributed by atoms with E-state index in [0.717, 1.165) is 11.3 Å². The minimum Gasteiger partial charge on any atom is -0.495 e. The van der Waals surface area contributed by atoms with E-state index in [1.165, 1.54) is 18.9 Å². The van der Waals surface area contributed by atoms with Gasteiger partial charge in [0.15, 0.2) is 5.17 Å². The average molecular weight is 404 g/mol. The molecule has 0 aliphatic carbocycles. The van der Waals surface area contributed by atoms with Crippen molar-refractivity contribution >= 4 is 51.7 Å². The third kappa shape index (κ3) is 5.02. The lowest BCUT2D eigenvalue weighted by atomic mass is 10.2. The van der Waals surface area contributed by atoms with E-state index < -0.39 is 5.25 Å². The van der Waals surface area contributed by atoms with Gasteiger partial charge in [0.1, 0.15) is 11.0 Å². The van der Waals surface area contributed by atoms with Crippen molar-refractivity contribution in [1.82, 2.24) is 5.32 Å². The highest BCUT2D eigenvalue weighted by Crippen LogP contribution is 2.28. The molecule has 1 aliphatic rings. The molecule has 8 heteroatoms. The van der Waals surface area contributed by atoms with Crippen LogP contribution >= 0.6 is 23.4 Å². The first-order chi connectivity index (χ1) is 12.9. The number of carbonyl (C=O) groups excluding carboxylic acids is 2. The number of hydrogen-bond donors (Lipinski definition) is 2. The predicted molar refractivity (Wildman–Crippen MR) is 109 cm³/mol. The number of aliphatic imine (C=N–C) groups is 1. The van der Waals surface area contributed by atoms with Gasteiger partial charge in [-0.15, -0.1) is 0 Å². The zero-order valence-corrected chi connectivity index (χ0v) is 16.4. The lowest BCUT2D eigenvalue weighted by Gasteiger charge is -2.09. The number of amides is 2. The van der Waals surface area contributed by atoms with Crippen LogP contribution in [0.4, 0.5) is 11.4 Å². The highest BCUT2D eigenvalue weighted by Gasteiger charge is 2.32. The van der Waals surface area contributed by atoms with Crippen LogP contribution in [0.15, 0.2) is 47.5 Å². The number of thioether (sulfide) groups is 1. The summed E-state index contributed by atoms with van der Waals surface area (Å²) in [4.78, 5) is 28.8. The molecule has 0 bridgehead atoms. The van der Waals surface area contributed by atoms with Gasteiger partial charge >= 0.3 is 0 Å². The Morgan fingerprint density at radius 2 is 2.04 bits per heavy atom. The van der Waals surface area contributed by atoms with Crippen molar-refractivity contribution in [2.75, 3.05) is 12.4 Å². The third-order valence-corrected chi connectivity index (χ3v) is 5.22. The first kappa shape index (κ1) is 19.3. The number of anilines is 1. The van der Waals surface area contributed by atoms with Crippen molar-refractivity contribution in [3.8, 4) is 5.75 Å². The molecular weight excluding hydrogens is 386 g/mol. The van der Waals surface area contributed by atoms with E-state index in [2.05, 4.69) is 15.6 Å². The molecular formula is C19H18ClN3O3S. The molecule has 1 saturated heterocycles. The number of amidine groups is 1. The van der Waals surface area contributed by atoms with Gasteiger partial charge in [-0.25, -0.2) is 4.99 Å². The molecule has 0 radical (unpaired) electrons. The van der Waals surface area contributed by atoms with E-state index in [1.54, 1.807) is 18.2 Å². The Bertz CT molecular complexity index is 900. The minimum absolute atomic E-state index is 0.0348. The summed E-state index contributed by atoms with van der Waals surface area (Å²) in [5, 5.41) is 5.83. The van der Waals surface area contributed by atoms with Crippen LogP contribution in [0, 0.1) is 6.92 Å². The van der Waals surface area contributed by atoms with E-state index in [-0.39, 0.29) is 18.2 Å². The second-order valence-corrected chi connectivity index (χ2v) is 7.55. The molecule has 2 N–H and O–H groups in total. The smallest absolute Gasteiger partial charge is 0.240 e. The topological polar surface area (TPSA) is 79.8 Å². The molecule has 1 heterocycles. The summed E-state index contributed by atoms with van der Waals surface area (Å²) >= 11 is 7.30. The van der Waals surface area contributed by atoms with Crippen LogP contribution in [0.3, 0.4) is 0 Å². The standard InChI is InChI=1S/C19H18ClN3O3S/c1-11-3-5-12(6-4-11)22-19-23-18(25)16(27-19)10-17(24)21-13-7-8-15(26-2)14(20)9-13/h3-9,16H,10H2,1-2H3,(H,21,24)(H,22,23,25). The highest BCUT2D eigenvalue weighted by molar-refractivity contribution is 8.15. The largest absolute Gasteiger partial charge is 0.495 e. The van der Waals surface area contributed by atoms with E-state index in [9.17, 15) is 9.59 Å². The molecule has 27 heavy (non-hydrogen) atoms. The fourth-order valence-electron chi connectivity index (χ4n) is 2.45. The first-order valence-electron chi connectivity index (χ1n) is 8.21. The predicted octanol–water partition coefficient (Wildman–Crippen LogP) is 3.90. The first-order valence-corrected chi connectivity index (χ1v) is 9.46.